The number of nitrogens with zero attached hydrogens (tertiary/aromatic N) is 3. The van der Waals surface area contributed by atoms with Gasteiger partial charge in [-0.2, -0.15) is 0 Å². The SMILES string of the molecule is C=CC1=C(C)C2=NC1=CC1=NC(=C(CC)/C1=C\[O-])C=C1N=C(C(CC(=O)[O-])=C3NC(=C2)[C@@H](C)[C@@H]3CCC(=O)[O-])C(C(=O)O)=C1C.[Fe+3]. The maximum atomic E-state index is 12.6. The summed E-state index contributed by atoms with van der Waals surface area (Å²) >= 11 is 0. The summed E-state index contributed by atoms with van der Waals surface area (Å²) in [7, 11) is 0. The number of hydrogen-bond acceptors (Lipinski definition) is 10. The van der Waals surface area contributed by atoms with Gasteiger partial charge in [0, 0.05) is 52.7 Å². The molecule has 12 heteroatoms. The van der Waals surface area contributed by atoms with E-state index in [1.807, 2.05) is 20.8 Å². The van der Waals surface area contributed by atoms with Gasteiger partial charge < -0.3 is 35.3 Å². The molecular weight excluding hydrogens is 632 g/mol. The number of carboxylic acids is 3. The van der Waals surface area contributed by atoms with Crippen molar-refractivity contribution in [3.8, 4) is 0 Å². The van der Waals surface area contributed by atoms with E-state index in [-0.39, 0.29) is 64.0 Å². The molecule has 0 unspecified atom stereocenters. The number of carboxylic acid groups (broad SMARTS) is 3. The molecule has 5 aliphatic heterocycles. The Morgan fingerprint density at radius 2 is 1.72 bits per heavy atom. The van der Waals surface area contributed by atoms with Crippen molar-refractivity contribution in [2.24, 2.45) is 26.8 Å². The van der Waals surface area contributed by atoms with Crippen molar-refractivity contribution in [3.05, 3.63) is 105 Å². The zero-order valence-electron chi connectivity index (χ0n) is 25.7. The maximum Gasteiger partial charge on any atom is 3.00 e. The molecule has 8 bridgehead atoms. The third kappa shape index (κ3) is 5.93. The quantitative estimate of drug-likeness (QED) is 0.289. The molecule has 5 aliphatic rings. The summed E-state index contributed by atoms with van der Waals surface area (Å²) in [5.41, 5.74) is 5.79. The number of carbonyl (C=O) groups is 3. The third-order valence-corrected chi connectivity index (χ3v) is 8.75. The van der Waals surface area contributed by atoms with Crippen LogP contribution in [0.15, 0.2) is 120 Å². The number of allylic oxidation sites excluding steroid dienone is 10. The molecule has 0 spiro atoms. The maximum absolute atomic E-state index is 12.6. The van der Waals surface area contributed by atoms with Gasteiger partial charge in [-0.05, 0) is 73.6 Å². The molecule has 0 aliphatic carbocycles. The molecule has 237 valence electrons. The minimum Gasteiger partial charge on any atom is -0.877 e. The molecule has 2 N–H and O–H groups in total. The summed E-state index contributed by atoms with van der Waals surface area (Å²) in [6, 6.07) is 0. The van der Waals surface area contributed by atoms with Gasteiger partial charge in [-0.25, -0.2) is 19.8 Å². The van der Waals surface area contributed by atoms with Crippen LogP contribution in [-0.2, 0) is 31.5 Å². The van der Waals surface area contributed by atoms with Gasteiger partial charge in [0.25, 0.3) is 0 Å². The van der Waals surface area contributed by atoms with Gasteiger partial charge in [0.05, 0.1) is 39.8 Å². The number of hydrogen-bond donors (Lipinski definition) is 2. The molecule has 1 fully saturated rings. The van der Waals surface area contributed by atoms with Crippen LogP contribution in [-0.4, -0.2) is 40.1 Å². The minimum absolute atomic E-state index is 0. The second kappa shape index (κ2) is 13.3. The van der Waals surface area contributed by atoms with Crippen molar-refractivity contribution < 1.29 is 51.9 Å². The summed E-state index contributed by atoms with van der Waals surface area (Å²) in [5.74, 6) is -4.92. The Kier molecular flexibility index (Phi) is 9.84. The van der Waals surface area contributed by atoms with Gasteiger partial charge in [-0.15, -0.1) is 6.26 Å². The van der Waals surface area contributed by atoms with Crippen molar-refractivity contribution in [1.82, 2.24) is 5.32 Å². The molecule has 46 heavy (non-hydrogen) atoms. The first-order valence-corrected chi connectivity index (χ1v) is 14.6. The number of aliphatic imine (C=N–C) groups is 3. The average molecular weight is 663 g/mol. The number of fused-ring (bicyclic) bond motifs is 5. The Bertz CT molecular complexity index is 1830. The van der Waals surface area contributed by atoms with Crippen LogP contribution in [0.4, 0.5) is 0 Å². The predicted molar refractivity (Wildman–Crippen MR) is 162 cm³/mol. The molecule has 5 rings (SSSR count). The average Bonchev–Trinajstić information content (AvgIpc) is 3.67. The van der Waals surface area contributed by atoms with E-state index in [2.05, 4.69) is 16.9 Å². The molecule has 2 atom stereocenters. The molecule has 11 nitrogen and oxygen atoms in total. The summed E-state index contributed by atoms with van der Waals surface area (Å²) in [5, 5.41) is 49.6. The monoisotopic (exact) mass is 663 g/mol. The van der Waals surface area contributed by atoms with E-state index < -0.39 is 30.2 Å². The van der Waals surface area contributed by atoms with Gasteiger partial charge in [0.15, 0.2) is 0 Å². The predicted octanol–water partition coefficient (Wildman–Crippen LogP) is 1.60. The van der Waals surface area contributed by atoms with Crippen LogP contribution >= 0.6 is 0 Å². The topological polar surface area (TPSA) is 190 Å². The van der Waals surface area contributed by atoms with Crippen molar-refractivity contribution in [2.45, 2.75) is 53.4 Å². The first-order valence-electron chi connectivity index (χ1n) is 14.6. The van der Waals surface area contributed by atoms with E-state index in [1.54, 1.807) is 31.2 Å². The van der Waals surface area contributed by atoms with E-state index in [0.29, 0.717) is 51.8 Å². The van der Waals surface area contributed by atoms with Crippen LogP contribution in [0.25, 0.3) is 0 Å². The molecule has 0 saturated carbocycles. The standard InChI is InChI=1S/C34H34N4O7.Fe/c1-6-18-15(3)23-11-24-16(4)20(8-9-29(40)41)32(37-24)21(10-30(42)43)33-31(34(44)45)17(5)25(38-33)12-27-19(7-2)22(14-39)28(36-27)13-26(18)35-23;/h6,11-14,16,20,37,39H,1,7-10H2,2-5H3,(H,40,41)(H,42,43)(H,44,45);/q;+3/p-3/b22-14+,24-11?,25-12?,26-13?,32-21?;/t16-,20-;/m0./s1. The van der Waals surface area contributed by atoms with Crippen LogP contribution < -0.4 is 20.6 Å². The fourth-order valence-electron chi connectivity index (χ4n) is 6.40. The summed E-state index contributed by atoms with van der Waals surface area (Å²) in [4.78, 5) is 50.5. The van der Waals surface area contributed by atoms with Crippen LogP contribution in [0, 0.1) is 11.8 Å². The second-order valence-corrected chi connectivity index (χ2v) is 11.3. The molecular formula is C34H31FeN4O7. The van der Waals surface area contributed by atoms with E-state index in [9.17, 15) is 34.8 Å². The van der Waals surface area contributed by atoms with Gasteiger partial charge in [-0.1, -0.05) is 26.5 Å². The smallest absolute Gasteiger partial charge is 0.877 e. The molecule has 1 radical (unpaired) electrons. The van der Waals surface area contributed by atoms with Crippen LogP contribution in [0.2, 0.25) is 0 Å². The first kappa shape index (κ1) is 34.1. The zero-order valence-corrected chi connectivity index (χ0v) is 26.8. The van der Waals surface area contributed by atoms with E-state index >= 15 is 0 Å². The summed E-state index contributed by atoms with van der Waals surface area (Å²) < 4.78 is 0. The summed E-state index contributed by atoms with van der Waals surface area (Å²) in [6.45, 7) is 11.1. The second-order valence-electron chi connectivity index (χ2n) is 11.3. The summed E-state index contributed by atoms with van der Waals surface area (Å²) in [6.07, 6.45) is 7.07. The molecule has 1 saturated heterocycles. The molecule has 0 aromatic heterocycles. The molecule has 0 aromatic carbocycles. The third-order valence-electron chi connectivity index (χ3n) is 8.75. The van der Waals surface area contributed by atoms with Gasteiger partial charge in [0.2, 0.25) is 0 Å². The van der Waals surface area contributed by atoms with Crippen molar-refractivity contribution >= 4 is 35.0 Å². The minimum atomic E-state index is -1.46. The van der Waals surface area contributed by atoms with Crippen LogP contribution in [0.5, 0.6) is 0 Å². The largest absolute Gasteiger partial charge is 3.00 e. The normalized spacial score (nSPS) is 23.0. The Morgan fingerprint density at radius 1 is 1.00 bits per heavy atom. The van der Waals surface area contributed by atoms with Gasteiger partial charge >= 0.3 is 23.0 Å². The zero-order chi connectivity index (χ0) is 32.7. The van der Waals surface area contributed by atoms with E-state index in [0.717, 1.165) is 17.4 Å². The molecule has 5 heterocycles. The first-order chi connectivity index (χ1) is 21.4. The number of nitrogens with one attached hydrogen (secondary N) is 1. The number of rotatable bonds is 8. The van der Waals surface area contributed by atoms with Crippen LogP contribution in [0.3, 0.4) is 0 Å². The molecule has 0 amide bonds. The van der Waals surface area contributed by atoms with E-state index in [4.69, 9.17) is 9.98 Å². The Morgan fingerprint density at radius 3 is 2.30 bits per heavy atom. The van der Waals surface area contributed by atoms with E-state index in [1.165, 1.54) is 0 Å². The fourth-order valence-corrected chi connectivity index (χ4v) is 6.40. The number of carbonyl (C=O) groups excluding carboxylic acids is 2. The number of aliphatic carboxylic acids is 3. The Hall–Kier alpha value is -4.80. The Labute approximate surface area is 276 Å². The molecule has 0 aromatic rings. The van der Waals surface area contributed by atoms with Crippen LogP contribution in [0.1, 0.15) is 53.4 Å². The van der Waals surface area contributed by atoms with Crippen molar-refractivity contribution in [2.75, 3.05) is 0 Å². The Balaban J connectivity index is 0.00000480. The van der Waals surface area contributed by atoms with Gasteiger partial charge in [0.1, 0.15) is 0 Å². The van der Waals surface area contributed by atoms with Gasteiger partial charge in [-0.3, -0.25) is 0 Å². The fraction of sp³-hybridized carbons (Fsp3) is 0.294. The van der Waals surface area contributed by atoms with Crippen molar-refractivity contribution in [3.63, 3.8) is 0 Å². The van der Waals surface area contributed by atoms with Crippen molar-refractivity contribution in [1.29, 1.82) is 0 Å².